The molecule has 0 aliphatic carbocycles. The minimum atomic E-state index is -1.86. The first-order valence-electron chi connectivity index (χ1n) is 11.0. The number of rotatable bonds is 1. The van der Waals surface area contributed by atoms with Gasteiger partial charge in [-0.1, -0.05) is 54.6 Å². The number of hydrogen-bond donors (Lipinski definition) is 0. The third kappa shape index (κ3) is 2.87. The molecule has 5 heteroatoms. The van der Waals surface area contributed by atoms with Gasteiger partial charge in [0.05, 0.1) is 0 Å². The van der Waals surface area contributed by atoms with Crippen LogP contribution in [0.3, 0.4) is 0 Å². The highest BCUT2D eigenvalue weighted by Gasteiger charge is 2.46. The first kappa shape index (κ1) is 19.1. The van der Waals surface area contributed by atoms with Crippen LogP contribution < -0.4 is 20.0 Å². The lowest BCUT2D eigenvalue weighted by molar-refractivity contribution is 0.293. The van der Waals surface area contributed by atoms with Gasteiger partial charge in [0.25, 0.3) is 0 Å². The molecule has 2 aliphatic rings. The van der Waals surface area contributed by atoms with Crippen LogP contribution in [0, 0.1) is 0 Å². The number of ether oxygens (including phenoxy) is 1. The lowest BCUT2D eigenvalue weighted by Crippen LogP contribution is -2.44. The van der Waals surface area contributed by atoms with E-state index in [4.69, 9.17) is 8.85 Å². The van der Waals surface area contributed by atoms with Gasteiger partial charge in [-0.3, -0.25) is 0 Å². The molecule has 0 saturated carbocycles. The van der Waals surface area contributed by atoms with E-state index in [1.807, 2.05) is 0 Å². The van der Waals surface area contributed by atoms with Gasteiger partial charge >= 0.3 is 0 Å². The quantitative estimate of drug-likeness (QED) is 0.379. The molecule has 0 amide bonds. The molecule has 2 heterocycles. The molecule has 4 aromatic rings. The van der Waals surface area contributed by atoms with Gasteiger partial charge < -0.3 is 13.8 Å². The standard InChI is InChI=1S/C26H27NO2Si2/c1-30(2)24-14-19-12-13-20-16-27(23-11-7-9-18-8-5-6-10-21(18)23)17-28-26(20)22(19)15-25(24)31(3,4)29-30/h5-15H,16-17H2,1-4H3. The molecule has 31 heavy (non-hydrogen) atoms. The van der Waals surface area contributed by atoms with E-state index in [1.54, 1.807) is 0 Å². The zero-order valence-corrected chi connectivity index (χ0v) is 20.5. The third-order valence-corrected chi connectivity index (χ3v) is 14.6. The van der Waals surface area contributed by atoms with Crippen molar-refractivity contribution in [1.82, 2.24) is 0 Å². The molecule has 156 valence electrons. The first-order chi connectivity index (χ1) is 14.8. The molecule has 0 saturated heterocycles. The summed E-state index contributed by atoms with van der Waals surface area (Å²) in [6, 6.07) is 24.4. The Hall–Kier alpha value is -2.61. The number of hydrogen-bond acceptors (Lipinski definition) is 3. The monoisotopic (exact) mass is 441 g/mol. The van der Waals surface area contributed by atoms with Crippen molar-refractivity contribution >= 4 is 54.2 Å². The van der Waals surface area contributed by atoms with E-state index in [2.05, 4.69) is 97.8 Å². The zero-order valence-electron chi connectivity index (χ0n) is 18.5. The van der Waals surface area contributed by atoms with Crippen LogP contribution in [0.25, 0.3) is 21.5 Å². The van der Waals surface area contributed by atoms with E-state index in [0.29, 0.717) is 6.73 Å². The van der Waals surface area contributed by atoms with Gasteiger partial charge in [0, 0.05) is 28.6 Å². The Labute approximate surface area is 185 Å². The van der Waals surface area contributed by atoms with Crippen LogP contribution in [0.15, 0.2) is 66.7 Å². The van der Waals surface area contributed by atoms with Crippen LogP contribution in [-0.2, 0) is 10.7 Å². The second-order valence-corrected chi connectivity index (χ2v) is 17.7. The molecule has 0 radical (unpaired) electrons. The lowest BCUT2D eigenvalue weighted by atomic mass is 10.0. The smallest absolute Gasteiger partial charge is 0.206 e. The summed E-state index contributed by atoms with van der Waals surface area (Å²) in [6.45, 7) is 10.7. The molecule has 4 aromatic carbocycles. The van der Waals surface area contributed by atoms with Crippen LogP contribution >= 0.6 is 0 Å². The second kappa shape index (κ2) is 6.45. The van der Waals surface area contributed by atoms with Crippen LogP contribution in [0.5, 0.6) is 5.75 Å². The number of anilines is 1. The fourth-order valence-electron chi connectivity index (χ4n) is 5.46. The van der Waals surface area contributed by atoms with Crippen molar-refractivity contribution in [2.45, 2.75) is 32.7 Å². The number of fused-ring (bicyclic) bond motifs is 5. The summed E-state index contributed by atoms with van der Waals surface area (Å²) in [5, 5.41) is 7.98. The predicted octanol–water partition coefficient (Wildman–Crippen LogP) is 5.20. The molecule has 0 atom stereocenters. The highest BCUT2D eigenvalue weighted by molar-refractivity contribution is 7.06. The minimum absolute atomic E-state index is 0.564. The summed E-state index contributed by atoms with van der Waals surface area (Å²) in [7, 11) is -3.68. The maximum Gasteiger partial charge on any atom is 0.206 e. The molecule has 0 fully saturated rings. The average molecular weight is 442 g/mol. The maximum atomic E-state index is 6.67. The first-order valence-corrected chi connectivity index (χ1v) is 16.8. The van der Waals surface area contributed by atoms with Gasteiger partial charge in [-0.05, 0) is 59.5 Å². The Bertz CT molecular complexity index is 1360. The topological polar surface area (TPSA) is 21.7 Å². The highest BCUT2D eigenvalue weighted by Crippen LogP contribution is 2.37. The van der Waals surface area contributed by atoms with E-state index in [-0.39, 0.29) is 0 Å². The molecule has 0 N–H and O–H groups in total. The van der Waals surface area contributed by atoms with E-state index in [0.717, 1.165) is 12.3 Å². The van der Waals surface area contributed by atoms with Crippen LogP contribution in [0.1, 0.15) is 5.56 Å². The van der Waals surface area contributed by atoms with Crippen molar-refractivity contribution in [3.8, 4) is 5.75 Å². The van der Waals surface area contributed by atoms with Gasteiger partial charge in [-0.15, -0.1) is 0 Å². The molecule has 2 aliphatic heterocycles. The maximum absolute atomic E-state index is 6.67. The number of nitrogens with zero attached hydrogens (tertiary/aromatic N) is 1. The largest absolute Gasteiger partial charge is 0.472 e. The summed E-state index contributed by atoms with van der Waals surface area (Å²) in [6.07, 6.45) is 0. The van der Waals surface area contributed by atoms with Crippen molar-refractivity contribution in [3.63, 3.8) is 0 Å². The van der Waals surface area contributed by atoms with Gasteiger partial charge in [0.2, 0.25) is 16.6 Å². The number of benzene rings is 4. The summed E-state index contributed by atoms with van der Waals surface area (Å²) >= 11 is 0. The summed E-state index contributed by atoms with van der Waals surface area (Å²) < 4.78 is 13.1. The lowest BCUT2D eigenvalue weighted by Gasteiger charge is -2.32. The zero-order chi connectivity index (χ0) is 21.4. The highest BCUT2D eigenvalue weighted by atomic mass is 28.4. The minimum Gasteiger partial charge on any atom is -0.472 e. The van der Waals surface area contributed by atoms with Gasteiger partial charge in [-0.25, -0.2) is 0 Å². The van der Waals surface area contributed by atoms with Gasteiger partial charge in [-0.2, -0.15) is 0 Å². The van der Waals surface area contributed by atoms with Crippen molar-refractivity contribution in [3.05, 3.63) is 72.3 Å². The van der Waals surface area contributed by atoms with Gasteiger partial charge in [0.15, 0.2) is 6.73 Å². The molecular weight excluding hydrogens is 414 g/mol. The van der Waals surface area contributed by atoms with Crippen molar-refractivity contribution in [1.29, 1.82) is 0 Å². The Balaban J connectivity index is 1.45. The second-order valence-electron chi connectivity index (χ2n) is 9.77. The van der Waals surface area contributed by atoms with Crippen molar-refractivity contribution < 1.29 is 8.85 Å². The molecule has 0 spiro atoms. The van der Waals surface area contributed by atoms with Crippen molar-refractivity contribution in [2.75, 3.05) is 11.6 Å². The third-order valence-electron chi connectivity index (χ3n) is 6.83. The van der Waals surface area contributed by atoms with Crippen LogP contribution in [0.2, 0.25) is 26.2 Å². The van der Waals surface area contributed by atoms with E-state index in [9.17, 15) is 0 Å². The molecule has 3 nitrogen and oxygen atoms in total. The molecule has 0 unspecified atom stereocenters. The van der Waals surface area contributed by atoms with Gasteiger partial charge in [0.1, 0.15) is 5.75 Å². The Kier molecular flexibility index (Phi) is 3.98. The Morgan fingerprint density at radius 3 is 2.32 bits per heavy atom. The Morgan fingerprint density at radius 1 is 0.742 bits per heavy atom. The predicted molar refractivity (Wildman–Crippen MR) is 135 cm³/mol. The van der Waals surface area contributed by atoms with E-state index in [1.165, 1.54) is 43.2 Å². The molecule has 0 aromatic heterocycles. The van der Waals surface area contributed by atoms with Crippen LogP contribution in [-0.4, -0.2) is 23.4 Å². The fourth-order valence-corrected chi connectivity index (χ4v) is 15.7. The van der Waals surface area contributed by atoms with Crippen molar-refractivity contribution in [2.24, 2.45) is 0 Å². The van der Waals surface area contributed by atoms with E-state index >= 15 is 0 Å². The molecule has 0 bridgehead atoms. The summed E-state index contributed by atoms with van der Waals surface area (Å²) in [4.78, 5) is 2.34. The Morgan fingerprint density at radius 2 is 1.48 bits per heavy atom. The SMILES string of the molecule is C[Si]1(C)O[Si](C)(C)c2cc3c4c(ccc3cc21)CN(c1cccc2ccccc12)CO4. The normalized spacial score (nSPS) is 18.6. The fraction of sp³-hybridized carbons (Fsp3) is 0.231. The average Bonchev–Trinajstić information content (AvgIpc) is 2.94. The summed E-state index contributed by atoms with van der Waals surface area (Å²) in [5.74, 6) is 1.05. The summed E-state index contributed by atoms with van der Waals surface area (Å²) in [5.41, 5.74) is 2.48. The molecule has 6 rings (SSSR count). The van der Waals surface area contributed by atoms with E-state index < -0.39 is 16.6 Å². The molecular formula is C26H27NO2Si2. The van der Waals surface area contributed by atoms with Crippen LogP contribution in [0.4, 0.5) is 5.69 Å².